The molecule has 2 aromatic carbocycles. The summed E-state index contributed by atoms with van der Waals surface area (Å²) in [6.07, 6.45) is 1.65. The minimum atomic E-state index is -0.233. The SMILES string of the molecule is CCNC(=O)COc1cccc(CNC(=O)N(C)Cc2cnn(-c3ccccc3)n2)c1. The van der Waals surface area contributed by atoms with E-state index in [9.17, 15) is 9.59 Å². The molecule has 31 heavy (non-hydrogen) atoms. The van der Waals surface area contributed by atoms with Gasteiger partial charge in [0, 0.05) is 20.1 Å². The number of carbonyl (C=O) groups is 2. The van der Waals surface area contributed by atoms with Gasteiger partial charge in [0.2, 0.25) is 0 Å². The first-order chi connectivity index (χ1) is 15.0. The summed E-state index contributed by atoms with van der Waals surface area (Å²) < 4.78 is 5.48. The molecule has 0 saturated heterocycles. The van der Waals surface area contributed by atoms with Crippen molar-refractivity contribution in [3.63, 3.8) is 0 Å². The Balaban J connectivity index is 1.49. The summed E-state index contributed by atoms with van der Waals surface area (Å²) in [4.78, 5) is 27.0. The van der Waals surface area contributed by atoms with Gasteiger partial charge < -0.3 is 20.3 Å². The lowest BCUT2D eigenvalue weighted by Crippen LogP contribution is -2.36. The fourth-order valence-electron chi connectivity index (χ4n) is 2.82. The van der Waals surface area contributed by atoms with Gasteiger partial charge in [-0.05, 0) is 36.8 Å². The van der Waals surface area contributed by atoms with E-state index in [0.717, 1.165) is 11.3 Å². The summed E-state index contributed by atoms with van der Waals surface area (Å²) in [6, 6.07) is 16.6. The van der Waals surface area contributed by atoms with Crippen LogP contribution in [0, 0.1) is 0 Å². The van der Waals surface area contributed by atoms with E-state index in [2.05, 4.69) is 20.8 Å². The van der Waals surface area contributed by atoms with Crippen molar-refractivity contribution in [2.24, 2.45) is 0 Å². The van der Waals surface area contributed by atoms with Gasteiger partial charge in [0.25, 0.3) is 5.91 Å². The molecule has 3 rings (SSSR count). The first kappa shape index (κ1) is 21.8. The molecular weight excluding hydrogens is 396 g/mol. The Labute approximate surface area is 181 Å². The molecule has 0 unspecified atom stereocenters. The molecule has 0 spiro atoms. The van der Waals surface area contributed by atoms with Crippen molar-refractivity contribution >= 4 is 11.9 Å². The molecule has 0 atom stereocenters. The van der Waals surface area contributed by atoms with Crippen LogP contribution >= 0.6 is 0 Å². The first-order valence-corrected chi connectivity index (χ1v) is 9.99. The number of para-hydroxylation sites is 1. The summed E-state index contributed by atoms with van der Waals surface area (Å²) in [5, 5.41) is 14.2. The largest absolute Gasteiger partial charge is 0.484 e. The van der Waals surface area contributed by atoms with Crippen molar-refractivity contribution in [1.82, 2.24) is 30.5 Å². The van der Waals surface area contributed by atoms with Crippen LogP contribution in [0.4, 0.5) is 4.79 Å². The molecule has 0 aliphatic carbocycles. The van der Waals surface area contributed by atoms with E-state index in [1.807, 2.05) is 49.4 Å². The molecule has 3 amide bonds. The van der Waals surface area contributed by atoms with Gasteiger partial charge in [0.1, 0.15) is 11.4 Å². The Morgan fingerprint density at radius 2 is 1.90 bits per heavy atom. The molecule has 162 valence electrons. The predicted octanol–water partition coefficient (Wildman–Crippen LogP) is 2.12. The Kier molecular flexibility index (Phi) is 7.58. The van der Waals surface area contributed by atoms with E-state index in [4.69, 9.17) is 4.74 Å². The number of carbonyl (C=O) groups excluding carboxylic acids is 2. The molecule has 0 aliphatic rings. The number of rotatable bonds is 9. The van der Waals surface area contributed by atoms with Crippen molar-refractivity contribution in [3.8, 4) is 11.4 Å². The minimum absolute atomic E-state index is 0.0456. The lowest BCUT2D eigenvalue weighted by atomic mass is 10.2. The number of urea groups is 1. The summed E-state index contributed by atoms with van der Waals surface area (Å²) in [5.74, 6) is 0.399. The summed E-state index contributed by atoms with van der Waals surface area (Å²) >= 11 is 0. The lowest BCUT2D eigenvalue weighted by Gasteiger charge is -2.17. The third kappa shape index (κ3) is 6.56. The number of hydrogen-bond donors (Lipinski definition) is 2. The fourth-order valence-corrected chi connectivity index (χ4v) is 2.82. The summed E-state index contributed by atoms with van der Waals surface area (Å²) in [7, 11) is 1.70. The number of likely N-dealkylation sites (N-methyl/N-ethyl adjacent to an activating group) is 1. The quantitative estimate of drug-likeness (QED) is 0.550. The summed E-state index contributed by atoms with van der Waals surface area (Å²) in [6.45, 7) is 3.02. The standard InChI is InChI=1S/C22H26N6O3/c1-3-23-21(29)16-31-20-11-7-8-17(12-20)13-24-22(30)27(2)15-18-14-25-28(26-18)19-9-5-4-6-10-19/h4-12,14H,3,13,15-16H2,1-2H3,(H,23,29)(H,24,30). The summed E-state index contributed by atoms with van der Waals surface area (Å²) in [5.41, 5.74) is 2.41. The van der Waals surface area contributed by atoms with Crippen LogP contribution in [-0.4, -0.2) is 52.0 Å². The Morgan fingerprint density at radius 1 is 1.10 bits per heavy atom. The van der Waals surface area contributed by atoms with Gasteiger partial charge in [-0.2, -0.15) is 15.0 Å². The zero-order chi connectivity index (χ0) is 22.1. The van der Waals surface area contributed by atoms with Crippen LogP contribution in [0.1, 0.15) is 18.2 Å². The third-order valence-electron chi connectivity index (χ3n) is 4.36. The molecule has 0 aliphatic heterocycles. The molecule has 3 aromatic rings. The number of hydrogen-bond acceptors (Lipinski definition) is 5. The number of nitrogens with one attached hydrogen (secondary N) is 2. The van der Waals surface area contributed by atoms with E-state index in [-0.39, 0.29) is 18.5 Å². The average Bonchev–Trinajstić information content (AvgIpc) is 3.25. The molecule has 2 N–H and O–H groups in total. The van der Waals surface area contributed by atoms with Gasteiger partial charge in [-0.1, -0.05) is 30.3 Å². The van der Waals surface area contributed by atoms with Gasteiger partial charge in [0.15, 0.2) is 6.61 Å². The zero-order valence-electron chi connectivity index (χ0n) is 17.6. The highest BCUT2D eigenvalue weighted by Crippen LogP contribution is 2.13. The van der Waals surface area contributed by atoms with Crippen LogP contribution in [-0.2, 0) is 17.9 Å². The van der Waals surface area contributed by atoms with Crippen LogP contribution in [0.15, 0.2) is 60.8 Å². The van der Waals surface area contributed by atoms with Crippen molar-refractivity contribution in [3.05, 3.63) is 72.1 Å². The second-order valence-electron chi connectivity index (χ2n) is 6.87. The maximum absolute atomic E-state index is 12.4. The molecule has 1 aromatic heterocycles. The fraction of sp³-hybridized carbons (Fsp3) is 0.273. The number of nitrogens with zero attached hydrogens (tertiary/aromatic N) is 4. The lowest BCUT2D eigenvalue weighted by molar-refractivity contribution is -0.122. The van der Waals surface area contributed by atoms with Gasteiger partial charge in [-0.3, -0.25) is 4.79 Å². The van der Waals surface area contributed by atoms with Crippen molar-refractivity contribution in [1.29, 1.82) is 0 Å². The van der Waals surface area contributed by atoms with E-state index >= 15 is 0 Å². The van der Waals surface area contributed by atoms with Crippen LogP contribution in [0.5, 0.6) is 5.75 Å². The highest BCUT2D eigenvalue weighted by molar-refractivity contribution is 5.77. The number of aromatic nitrogens is 3. The smallest absolute Gasteiger partial charge is 0.317 e. The third-order valence-corrected chi connectivity index (χ3v) is 4.36. The van der Waals surface area contributed by atoms with Gasteiger partial charge >= 0.3 is 6.03 Å². The molecule has 0 fully saturated rings. The second-order valence-corrected chi connectivity index (χ2v) is 6.87. The van der Waals surface area contributed by atoms with E-state index in [0.29, 0.717) is 31.1 Å². The highest BCUT2D eigenvalue weighted by atomic mass is 16.5. The molecule has 0 bridgehead atoms. The molecular formula is C22H26N6O3. The van der Waals surface area contributed by atoms with Crippen molar-refractivity contribution in [2.45, 2.75) is 20.0 Å². The van der Waals surface area contributed by atoms with E-state index < -0.39 is 0 Å². The predicted molar refractivity (Wildman–Crippen MR) is 116 cm³/mol. The average molecular weight is 422 g/mol. The second kappa shape index (κ2) is 10.8. The maximum Gasteiger partial charge on any atom is 0.317 e. The van der Waals surface area contributed by atoms with E-state index in [1.165, 1.54) is 9.70 Å². The van der Waals surface area contributed by atoms with Gasteiger partial charge in [-0.25, -0.2) is 4.79 Å². The number of ether oxygens (including phenoxy) is 1. The van der Waals surface area contributed by atoms with Crippen molar-refractivity contribution < 1.29 is 14.3 Å². The molecule has 0 saturated carbocycles. The molecule has 0 radical (unpaired) electrons. The van der Waals surface area contributed by atoms with Crippen molar-refractivity contribution in [2.75, 3.05) is 20.2 Å². The molecule has 9 nitrogen and oxygen atoms in total. The molecule has 9 heteroatoms. The Morgan fingerprint density at radius 3 is 2.68 bits per heavy atom. The minimum Gasteiger partial charge on any atom is -0.484 e. The Hall–Kier alpha value is -3.88. The van der Waals surface area contributed by atoms with Crippen LogP contribution in [0.25, 0.3) is 5.69 Å². The van der Waals surface area contributed by atoms with Crippen LogP contribution in [0.3, 0.4) is 0 Å². The topological polar surface area (TPSA) is 101 Å². The number of amides is 3. The Bertz CT molecular complexity index is 1010. The van der Waals surface area contributed by atoms with E-state index in [1.54, 1.807) is 25.4 Å². The van der Waals surface area contributed by atoms with Gasteiger partial charge in [0.05, 0.1) is 18.4 Å². The monoisotopic (exact) mass is 422 g/mol. The maximum atomic E-state index is 12.4. The van der Waals surface area contributed by atoms with Crippen LogP contribution < -0.4 is 15.4 Å². The van der Waals surface area contributed by atoms with Crippen LogP contribution in [0.2, 0.25) is 0 Å². The molecule has 1 heterocycles. The highest BCUT2D eigenvalue weighted by Gasteiger charge is 2.12. The first-order valence-electron chi connectivity index (χ1n) is 9.99. The zero-order valence-corrected chi connectivity index (χ0v) is 17.6. The number of benzene rings is 2. The van der Waals surface area contributed by atoms with Gasteiger partial charge in [-0.15, -0.1) is 0 Å². The normalized spacial score (nSPS) is 10.4.